The maximum Gasteiger partial charge on any atom is 0.407 e. The van der Waals surface area contributed by atoms with E-state index in [0.29, 0.717) is 43.2 Å². The number of alkyl carbamates (subject to hydrolysis) is 1. The SMILES string of the molecule is COc1cc(CNC(=O)CCCNC(=O)OC(C)(C)C)cc(OC)c1OC. The van der Waals surface area contributed by atoms with Crippen LogP contribution in [0.2, 0.25) is 0 Å². The Morgan fingerprint density at radius 3 is 2.04 bits per heavy atom. The maximum atomic E-state index is 12.0. The second-order valence-corrected chi connectivity index (χ2v) is 6.84. The number of nitrogens with one attached hydrogen (secondary N) is 2. The number of rotatable bonds is 9. The number of carbonyl (C=O) groups excluding carboxylic acids is 2. The lowest BCUT2D eigenvalue weighted by atomic mass is 10.1. The standard InChI is InChI=1S/C19H30N2O6/c1-19(2,3)27-18(23)20-9-7-8-16(22)21-12-13-10-14(24-4)17(26-6)15(11-13)25-5/h10-11H,7-9,12H2,1-6H3,(H,20,23)(H,21,22). The zero-order valence-corrected chi connectivity index (χ0v) is 16.9. The summed E-state index contributed by atoms with van der Waals surface area (Å²) in [6.07, 6.45) is 0.320. The van der Waals surface area contributed by atoms with Gasteiger partial charge in [0.25, 0.3) is 0 Å². The van der Waals surface area contributed by atoms with E-state index in [-0.39, 0.29) is 5.91 Å². The van der Waals surface area contributed by atoms with Crippen LogP contribution in [0.5, 0.6) is 17.2 Å². The molecule has 8 nitrogen and oxygen atoms in total. The molecule has 2 N–H and O–H groups in total. The van der Waals surface area contributed by atoms with E-state index in [1.54, 1.807) is 32.9 Å². The highest BCUT2D eigenvalue weighted by molar-refractivity contribution is 5.76. The van der Waals surface area contributed by atoms with Gasteiger partial charge in [-0.2, -0.15) is 0 Å². The van der Waals surface area contributed by atoms with Crippen molar-refractivity contribution in [3.05, 3.63) is 17.7 Å². The molecule has 0 saturated carbocycles. The van der Waals surface area contributed by atoms with Crippen LogP contribution in [0.25, 0.3) is 0 Å². The summed E-state index contributed by atoms with van der Waals surface area (Å²) in [5.41, 5.74) is 0.284. The van der Waals surface area contributed by atoms with Crippen molar-refractivity contribution in [3.8, 4) is 17.2 Å². The quantitative estimate of drug-likeness (QED) is 0.638. The summed E-state index contributed by atoms with van der Waals surface area (Å²) in [4.78, 5) is 23.5. The van der Waals surface area contributed by atoms with E-state index in [9.17, 15) is 9.59 Å². The first-order valence-corrected chi connectivity index (χ1v) is 8.72. The van der Waals surface area contributed by atoms with Gasteiger partial charge < -0.3 is 29.6 Å². The van der Waals surface area contributed by atoms with E-state index in [2.05, 4.69) is 10.6 Å². The van der Waals surface area contributed by atoms with Crippen LogP contribution in [-0.2, 0) is 16.1 Å². The van der Waals surface area contributed by atoms with Crippen LogP contribution in [0.1, 0.15) is 39.2 Å². The molecule has 0 aliphatic heterocycles. The fourth-order valence-electron chi connectivity index (χ4n) is 2.28. The molecule has 0 unspecified atom stereocenters. The van der Waals surface area contributed by atoms with E-state index < -0.39 is 11.7 Å². The van der Waals surface area contributed by atoms with Gasteiger partial charge in [-0.1, -0.05) is 0 Å². The molecule has 0 aliphatic carbocycles. The molecule has 0 saturated heterocycles. The Hall–Kier alpha value is -2.64. The molecule has 0 aliphatic rings. The molecule has 0 radical (unpaired) electrons. The number of hydrogen-bond acceptors (Lipinski definition) is 6. The van der Waals surface area contributed by atoms with Crippen LogP contribution >= 0.6 is 0 Å². The average Bonchev–Trinajstić information content (AvgIpc) is 2.60. The highest BCUT2D eigenvalue weighted by atomic mass is 16.6. The summed E-state index contributed by atoms with van der Waals surface area (Å²) in [5.74, 6) is 1.45. The average molecular weight is 382 g/mol. The predicted molar refractivity (Wildman–Crippen MR) is 101 cm³/mol. The van der Waals surface area contributed by atoms with Crippen LogP contribution in [0.15, 0.2) is 12.1 Å². The topological polar surface area (TPSA) is 95.1 Å². The number of carbonyl (C=O) groups is 2. The fraction of sp³-hybridized carbons (Fsp3) is 0.579. The molecular weight excluding hydrogens is 352 g/mol. The van der Waals surface area contributed by atoms with E-state index in [4.69, 9.17) is 18.9 Å². The normalized spacial score (nSPS) is 10.7. The van der Waals surface area contributed by atoms with Gasteiger partial charge in [-0.05, 0) is 44.9 Å². The Morgan fingerprint density at radius 1 is 0.963 bits per heavy atom. The molecule has 2 amide bonds. The zero-order valence-electron chi connectivity index (χ0n) is 16.9. The molecule has 27 heavy (non-hydrogen) atoms. The van der Waals surface area contributed by atoms with Crippen molar-refractivity contribution in [2.24, 2.45) is 0 Å². The van der Waals surface area contributed by atoms with Crippen LogP contribution in [0.4, 0.5) is 4.79 Å². The van der Waals surface area contributed by atoms with Gasteiger partial charge in [0, 0.05) is 19.5 Å². The molecule has 0 heterocycles. The number of amides is 2. The lowest BCUT2D eigenvalue weighted by Gasteiger charge is -2.19. The molecule has 152 valence electrons. The Kier molecular flexibility index (Phi) is 8.71. The zero-order chi connectivity index (χ0) is 20.4. The Bertz CT molecular complexity index is 615. The van der Waals surface area contributed by atoms with E-state index in [1.165, 1.54) is 21.3 Å². The van der Waals surface area contributed by atoms with E-state index in [1.807, 2.05) is 0 Å². The van der Waals surface area contributed by atoms with E-state index in [0.717, 1.165) is 5.56 Å². The largest absolute Gasteiger partial charge is 0.493 e. The predicted octanol–water partition coefficient (Wildman–Crippen LogP) is 2.63. The van der Waals surface area contributed by atoms with Crippen molar-refractivity contribution >= 4 is 12.0 Å². The Morgan fingerprint density at radius 2 is 1.56 bits per heavy atom. The minimum Gasteiger partial charge on any atom is -0.493 e. The summed E-state index contributed by atoms with van der Waals surface area (Å²) in [6.45, 7) is 6.08. The van der Waals surface area contributed by atoms with Crippen molar-refractivity contribution in [2.75, 3.05) is 27.9 Å². The Balaban J connectivity index is 2.43. The second kappa shape index (κ2) is 10.5. The van der Waals surface area contributed by atoms with Crippen LogP contribution in [-0.4, -0.2) is 45.5 Å². The smallest absolute Gasteiger partial charge is 0.407 e. The van der Waals surface area contributed by atoms with Gasteiger partial charge in [-0.3, -0.25) is 4.79 Å². The van der Waals surface area contributed by atoms with Crippen molar-refractivity contribution < 1.29 is 28.5 Å². The third-order valence-electron chi connectivity index (χ3n) is 3.46. The summed E-state index contributed by atoms with van der Waals surface area (Å²) in [5, 5.41) is 5.45. The highest BCUT2D eigenvalue weighted by Crippen LogP contribution is 2.38. The first-order chi connectivity index (χ1) is 12.7. The lowest BCUT2D eigenvalue weighted by molar-refractivity contribution is -0.121. The van der Waals surface area contributed by atoms with Gasteiger partial charge in [0.15, 0.2) is 11.5 Å². The third-order valence-corrected chi connectivity index (χ3v) is 3.46. The van der Waals surface area contributed by atoms with Crippen molar-refractivity contribution in [1.29, 1.82) is 0 Å². The molecule has 1 aromatic carbocycles. The van der Waals surface area contributed by atoms with Gasteiger partial charge in [0.05, 0.1) is 21.3 Å². The molecule has 0 spiro atoms. The second-order valence-electron chi connectivity index (χ2n) is 6.84. The van der Waals surface area contributed by atoms with Crippen molar-refractivity contribution in [1.82, 2.24) is 10.6 Å². The van der Waals surface area contributed by atoms with Crippen LogP contribution in [0.3, 0.4) is 0 Å². The molecule has 8 heteroatoms. The summed E-state index contributed by atoms with van der Waals surface area (Å²) in [7, 11) is 4.61. The van der Waals surface area contributed by atoms with E-state index >= 15 is 0 Å². The summed E-state index contributed by atoms with van der Waals surface area (Å²) >= 11 is 0. The number of methoxy groups -OCH3 is 3. The molecular formula is C19H30N2O6. The van der Waals surface area contributed by atoms with Gasteiger partial charge in [0.1, 0.15) is 5.60 Å². The summed E-state index contributed by atoms with van der Waals surface area (Å²) < 4.78 is 21.0. The highest BCUT2D eigenvalue weighted by Gasteiger charge is 2.16. The van der Waals surface area contributed by atoms with Gasteiger partial charge in [-0.15, -0.1) is 0 Å². The molecule has 1 rings (SSSR count). The molecule has 1 aromatic rings. The van der Waals surface area contributed by atoms with Crippen molar-refractivity contribution in [3.63, 3.8) is 0 Å². The minimum atomic E-state index is -0.540. The van der Waals surface area contributed by atoms with Crippen LogP contribution < -0.4 is 24.8 Å². The Labute approximate surface area is 160 Å². The molecule has 0 bridgehead atoms. The van der Waals surface area contributed by atoms with Gasteiger partial charge in [-0.25, -0.2) is 4.79 Å². The summed E-state index contributed by atoms with van der Waals surface area (Å²) in [6, 6.07) is 3.57. The number of ether oxygens (including phenoxy) is 4. The monoisotopic (exact) mass is 382 g/mol. The minimum absolute atomic E-state index is 0.116. The number of benzene rings is 1. The lowest BCUT2D eigenvalue weighted by Crippen LogP contribution is -2.33. The van der Waals surface area contributed by atoms with Crippen LogP contribution in [0, 0.1) is 0 Å². The maximum absolute atomic E-state index is 12.0. The third kappa shape index (κ3) is 8.06. The van der Waals surface area contributed by atoms with Crippen molar-refractivity contribution in [2.45, 2.75) is 45.8 Å². The number of hydrogen-bond donors (Lipinski definition) is 2. The molecule has 0 atom stereocenters. The molecule has 0 aromatic heterocycles. The first-order valence-electron chi connectivity index (χ1n) is 8.72. The fourth-order valence-corrected chi connectivity index (χ4v) is 2.28. The first kappa shape index (κ1) is 22.4. The van der Waals surface area contributed by atoms with Gasteiger partial charge in [0.2, 0.25) is 11.7 Å². The van der Waals surface area contributed by atoms with Gasteiger partial charge >= 0.3 is 6.09 Å². The molecule has 0 fully saturated rings.